The van der Waals surface area contributed by atoms with Gasteiger partial charge < -0.3 is 24.8 Å². The van der Waals surface area contributed by atoms with Gasteiger partial charge in [-0.25, -0.2) is 0 Å². The molecule has 0 aromatic heterocycles. The Morgan fingerprint density at radius 2 is 2.00 bits per heavy atom. The lowest BCUT2D eigenvalue weighted by atomic mass is 9.62. The van der Waals surface area contributed by atoms with E-state index in [1.165, 1.54) is 0 Å². The zero-order chi connectivity index (χ0) is 22.0. The Morgan fingerprint density at radius 3 is 2.67 bits per heavy atom. The molecule has 2 aliphatic carbocycles. The Balaban J connectivity index is 1.77. The predicted octanol–water partition coefficient (Wildman–Crippen LogP) is 2.12. The number of aliphatic hydroxyl groups excluding tert-OH is 3. The summed E-state index contributed by atoms with van der Waals surface area (Å²) in [6, 6.07) is 0. The van der Waals surface area contributed by atoms with Crippen LogP contribution in [0.5, 0.6) is 0 Å². The monoisotopic (exact) mass is 424 g/mol. The van der Waals surface area contributed by atoms with E-state index < -0.39 is 18.3 Å². The van der Waals surface area contributed by atoms with Crippen molar-refractivity contribution >= 4 is 11.9 Å². The zero-order valence-electron chi connectivity index (χ0n) is 18.2. The quantitative estimate of drug-likeness (QED) is 0.442. The minimum absolute atomic E-state index is 0.0255. The van der Waals surface area contributed by atoms with Crippen molar-refractivity contribution in [1.82, 2.24) is 0 Å². The average Bonchev–Trinajstić information content (AvgIpc) is 2.69. The number of rotatable bonds is 6. The van der Waals surface area contributed by atoms with Gasteiger partial charge in [0.05, 0.1) is 30.7 Å². The van der Waals surface area contributed by atoms with Crippen LogP contribution >= 0.6 is 0 Å². The van der Waals surface area contributed by atoms with Crippen LogP contribution in [-0.2, 0) is 19.1 Å². The third kappa shape index (κ3) is 5.06. The van der Waals surface area contributed by atoms with Crippen molar-refractivity contribution in [2.45, 2.75) is 96.2 Å². The number of ether oxygens (including phenoxy) is 2. The van der Waals surface area contributed by atoms with E-state index >= 15 is 0 Å². The van der Waals surface area contributed by atoms with Crippen LogP contribution in [-0.4, -0.2) is 57.8 Å². The number of esters is 2. The van der Waals surface area contributed by atoms with Crippen LogP contribution in [0.25, 0.3) is 0 Å². The molecule has 0 aromatic carbocycles. The summed E-state index contributed by atoms with van der Waals surface area (Å²) in [5.74, 6) is -1.06. The van der Waals surface area contributed by atoms with E-state index in [1.54, 1.807) is 6.08 Å². The number of cyclic esters (lactones) is 1. The van der Waals surface area contributed by atoms with Crippen molar-refractivity contribution in [3.8, 4) is 0 Å². The summed E-state index contributed by atoms with van der Waals surface area (Å²) in [5, 5.41) is 31.1. The summed E-state index contributed by atoms with van der Waals surface area (Å²) in [6.07, 6.45) is 2.50. The fraction of sp³-hybridized carbons (Fsp3) is 0.826. The minimum atomic E-state index is -0.681. The van der Waals surface area contributed by atoms with Crippen molar-refractivity contribution in [3.63, 3.8) is 0 Å². The molecule has 30 heavy (non-hydrogen) atoms. The van der Waals surface area contributed by atoms with Crippen molar-refractivity contribution in [1.29, 1.82) is 0 Å². The molecule has 0 radical (unpaired) electrons. The van der Waals surface area contributed by atoms with E-state index in [4.69, 9.17) is 9.47 Å². The highest BCUT2D eigenvalue weighted by atomic mass is 16.6. The number of aliphatic hydroxyl groups is 3. The van der Waals surface area contributed by atoms with Gasteiger partial charge in [-0.05, 0) is 49.5 Å². The first-order valence-corrected chi connectivity index (χ1v) is 11.4. The lowest BCUT2D eigenvalue weighted by Crippen LogP contribution is -2.48. The molecule has 1 saturated carbocycles. The van der Waals surface area contributed by atoms with Gasteiger partial charge in [0.1, 0.15) is 12.2 Å². The zero-order valence-corrected chi connectivity index (χ0v) is 18.2. The van der Waals surface area contributed by atoms with Crippen LogP contribution in [0.15, 0.2) is 11.6 Å². The highest BCUT2D eigenvalue weighted by molar-refractivity contribution is 5.72. The fourth-order valence-corrected chi connectivity index (χ4v) is 5.20. The highest BCUT2D eigenvalue weighted by Crippen LogP contribution is 2.47. The maximum Gasteiger partial charge on any atom is 0.308 e. The van der Waals surface area contributed by atoms with Crippen molar-refractivity contribution in [3.05, 3.63) is 11.6 Å². The second-order valence-corrected chi connectivity index (χ2v) is 9.37. The smallest absolute Gasteiger partial charge is 0.308 e. The summed E-state index contributed by atoms with van der Waals surface area (Å²) < 4.78 is 11.3. The summed E-state index contributed by atoms with van der Waals surface area (Å²) in [5.41, 5.74) is 0.763. The summed E-state index contributed by atoms with van der Waals surface area (Å²) in [4.78, 5) is 24.2. The fourth-order valence-electron chi connectivity index (χ4n) is 5.20. The molecule has 1 saturated heterocycles. The van der Waals surface area contributed by atoms with Gasteiger partial charge in [0.25, 0.3) is 0 Å². The van der Waals surface area contributed by atoms with Crippen molar-refractivity contribution in [2.75, 3.05) is 0 Å². The van der Waals surface area contributed by atoms with Crippen LogP contribution in [0.2, 0.25) is 0 Å². The molecule has 170 valence electrons. The van der Waals surface area contributed by atoms with Crippen LogP contribution in [0.3, 0.4) is 0 Å². The van der Waals surface area contributed by atoms with Crippen molar-refractivity contribution in [2.24, 2.45) is 23.7 Å². The van der Waals surface area contributed by atoms with Gasteiger partial charge in [0.15, 0.2) is 0 Å². The molecule has 2 fully saturated rings. The minimum Gasteiger partial charge on any atom is -0.462 e. The molecule has 0 bridgehead atoms. The predicted molar refractivity (Wildman–Crippen MR) is 109 cm³/mol. The van der Waals surface area contributed by atoms with Crippen LogP contribution in [0.1, 0.15) is 65.7 Å². The number of hydrogen-bond donors (Lipinski definition) is 3. The highest BCUT2D eigenvalue weighted by Gasteiger charge is 2.47. The Bertz CT molecular complexity index is 660. The molecular formula is C23H36O7. The number of carbonyl (C=O) groups is 2. The molecule has 1 aliphatic heterocycles. The van der Waals surface area contributed by atoms with E-state index in [2.05, 4.69) is 0 Å². The number of carbonyl (C=O) groups excluding carboxylic acids is 2. The van der Waals surface area contributed by atoms with Gasteiger partial charge in [-0.2, -0.15) is 0 Å². The van der Waals surface area contributed by atoms with Gasteiger partial charge in [-0.15, -0.1) is 0 Å². The normalized spacial score (nSPS) is 40.1. The van der Waals surface area contributed by atoms with Gasteiger partial charge in [0.2, 0.25) is 0 Å². The maximum atomic E-state index is 12.5. The standard InChI is InChI=1S/C23H36O7/c1-4-12(2)23(28)30-20-8-7-18(25)17-11-19(26)13(3)16(22(17)20)6-5-15-9-14(24)10-21(27)29-15/h11-16,18-20,22,24-26H,4-10H2,1-3H3/t12-,13+,14+,15-,16-,18-,19+,20-,22+/m0/s1. The van der Waals surface area contributed by atoms with Crippen LogP contribution in [0, 0.1) is 23.7 Å². The summed E-state index contributed by atoms with van der Waals surface area (Å²) >= 11 is 0. The van der Waals surface area contributed by atoms with Crippen molar-refractivity contribution < 1.29 is 34.4 Å². The Hall–Kier alpha value is -1.44. The number of fused-ring (bicyclic) bond motifs is 1. The van der Waals surface area contributed by atoms with E-state index in [1.807, 2.05) is 20.8 Å². The molecule has 7 nitrogen and oxygen atoms in total. The third-order valence-corrected chi connectivity index (χ3v) is 7.27. The molecule has 0 aromatic rings. The Morgan fingerprint density at radius 1 is 1.27 bits per heavy atom. The first kappa shape index (κ1) is 23.2. The summed E-state index contributed by atoms with van der Waals surface area (Å²) in [6.45, 7) is 5.77. The van der Waals surface area contributed by atoms with Crippen LogP contribution < -0.4 is 0 Å². The molecule has 0 amide bonds. The molecule has 3 rings (SSSR count). The largest absolute Gasteiger partial charge is 0.462 e. The van der Waals surface area contributed by atoms with E-state index in [0.717, 1.165) is 5.57 Å². The first-order chi connectivity index (χ1) is 14.2. The molecule has 9 atom stereocenters. The molecule has 3 aliphatic rings. The molecule has 3 N–H and O–H groups in total. The molecular weight excluding hydrogens is 388 g/mol. The van der Waals surface area contributed by atoms with E-state index in [9.17, 15) is 24.9 Å². The SMILES string of the molecule is CC[C@H](C)C(=O)O[C@H]1CC[C@H](O)C2=C[C@@H](O)[C@H](C)[C@H](CC[C@H]3C[C@@H](O)CC(=O)O3)[C@H]21. The molecule has 0 spiro atoms. The lowest BCUT2D eigenvalue weighted by molar-refractivity contribution is -0.163. The average molecular weight is 425 g/mol. The van der Waals surface area contributed by atoms with Gasteiger partial charge in [-0.1, -0.05) is 26.8 Å². The first-order valence-electron chi connectivity index (χ1n) is 11.4. The lowest BCUT2D eigenvalue weighted by Gasteiger charge is -2.47. The third-order valence-electron chi connectivity index (χ3n) is 7.27. The van der Waals surface area contributed by atoms with Gasteiger partial charge in [-0.3, -0.25) is 9.59 Å². The summed E-state index contributed by atoms with van der Waals surface area (Å²) in [7, 11) is 0. The van der Waals surface area contributed by atoms with E-state index in [0.29, 0.717) is 38.5 Å². The number of hydrogen-bond acceptors (Lipinski definition) is 7. The Kier molecular flexibility index (Phi) is 7.58. The topological polar surface area (TPSA) is 113 Å². The van der Waals surface area contributed by atoms with Gasteiger partial charge >= 0.3 is 11.9 Å². The second-order valence-electron chi connectivity index (χ2n) is 9.37. The second kappa shape index (κ2) is 9.79. The molecule has 7 heteroatoms. The van der Waals surface area contributed by atoms with E-state index in [-0.39, 0.29) is 54.2 Å². The molecule has 1 heterocycles. The van der Waals surface area contributed by atoms with Crippen LogP contribution in [0.4, 0.5) is 0 Å². The Labute approximate surface area is 178 Å². The maximum absolute atomic E-state index is 12.5. The molecule has 0 unspecified atom stereocenters. The van der Waals surface area contributed by atoms with Gasteiger partial charge in [0, 0.05) is 12.3 Å².